The summed E-state index contributed by atoms with van der Waals surface area (Å²) in [5, 5.41) is 3.40. The maximum absolute atomic E-state index is 5.42. The minimum Gasteiger partial charge on any atom is -0.377 e. The van der Waals surface area contributed by atoms with Crippen LogP contribution in [0.4, 0.5) is 11.6 Å². The summed E-state index contributed by atoms with van der Waals surface area (Å²) in [6.45, 7) is 5.87. The lowest BCUT2D eigenvalue weighted by molar-refractivity contribution is 0.178. The fourth-order valence-corrected chi connectivity index (χ4v) is 2.24. The zero-order valence-electron chi connectivity index (χ0n) is 11.9. The molecule has 1 aromatic heterocycles. The van der Waals surface area contributed by atoms with Crippen LogP contribution in [-0.4, -0.2) is 23.6 Å². The highest BCUT2D eigenvalue weighted by Crippen LogP contribution is 2.51. The minimum atomic E-state index is 0.375. The van der Waals surface area contributed by atoms with Crippen molar-refractivity contribution in [3.8, 4) is 0 Å². The van der Waals surface area contributed by atoms with Crippen LogP contribution in [-0.2, 0) is 11.3 Å². The normalized spacial score (nSPS) is 16.5. The van der Waals surface area contributed by atoms with E-state index < -0.39 is 0 Å². The monoisotopic (exact) mass is 265 g/mol. The van der Waals surface area contributed by atoms with E-state index in [1.54, 1.807) is 7.11 Å². The third-order valence-electron chi connectivity index (χ3n) is 3.93. The van der Waals surface area contributed by atoms with E-state index in [2.05, 4.69) is 34.6 Å². The number of methoxy groups -OCH3 is 1. The molecule has 0 spiro atoms. The molecule has 1 aromatic rings. The van der Waals surface area contributed by atoms with Gasteiger partial charge in [-0.1, -0.05) is 13.8 Å². The Labute approximate surface area is 114 Å². The lowest BCUT2D eigenvalue weighted by atomic mass is 9.92. The first kappa shape index (κ1) is 14.0. The predicted octanol–water partition coefficient (Wildman–Crippen LogP) is 1.76. The number of nitrogens with one attached hydrogen (secondary N) is 2. The number of hydrogen-bond donors (Lipinski definition) is 3. The number of hydrogen-bond acceptors (Lipinski definition) is 6. The molecular formula is C13H23N5O. The summed E-state index contributed by atoms with van der Waals surface area (Å²) in [6.07, 6.45) is 2.57. The largest absolute Gasteiger partial charge is 0.377 e. The van der Waals surface area contributed by atoms with Crippen molar-refractivity contribution in [2.24, 2.45) is 17.2 Å². The van der Waals surface area contributed by atoms with Crippen LogP contribution in [0, 0.1) is 11.3 Å². The fraction of sp³-hybridized carbons (Fsp3) is 0.692. The zero-order valence-corrected chi connectivity index (χ0v) is 11.9. The van der Waals surface area contributed by atoms with Gasteiger partial charge in [0, 0.05) is 19.7 Å². The summed E-state index contributed by atoms with van der Waals surface area (Å²) >= 11 is 0. The maximum Gasteiger partial charge on any atom is 0.158 e. The van der Waals surface area contributed by atoms with Crippen LogP contribution in [0.15, 0.2) is 6.07 Å². The Kier molecular flexibility index (Phi) is 4.21. The summed E-state index contributed by atoms with van der Waals surface area (Å²) in [5.41, 5.74) is 2.99. The number of nitrogens with zero attached hydrogens (tertiary/aromatic N) is 2. The lowest BCUT2D eigenvalue weighted by Crippen LogP contribution is -2.22. The molecule has 0 aliphatic heterocycles. The quantitative estimate of drug-likeness (QED) is 0.514. The summed E-state index contributed by atoms with van der Waals surface area (Å²) < 4.78 is 5.06. The number of rotatable bonds is 7. The molecular weight excluding hydrogens is 242 g/mol. The van der Waals surface area contributed by atoms with Gasteiger partial charge in [0.2, 0.25) is 0 Å². The van der Waals surface area contributed by atoms with Crippen molar-refractivity contribution < 1.29 is 4.74 Å². The molecule has 4 N–H and O–H groups in total. The van der Waals surface area contributed by atoms with Gasteiger partial charge in [0.25, 0.3) is 0 Å². The molecule has 0 aromatic carbocycles. The molecule has 0 amide bonds. The van der Waals surface area contributed by atoms with Crippen LogP contribution in [0.5, 0.6) is 0 Å². The highest BCUT2D eigenvalue weighted by molar-refractivity contribution is 5.47. The van der Waals surface area contributed by atoms with Gasteiger partial charge in [-0.25, -0.2) is 15.8 Å². The van der Waals surface area contributed by atoms with Crippen molar-refractivity contribution in [1.82, 2.24) is 9.97 Å². The third-order valence-corrected chi connectivity index (χ3v) is 3.93. The Morgan fingerprint density at radius 2 is 2.05 bits per heavy atom. The molecule has 6 heteroatoms. The van der Waals surface area contributed by atoms with E-state index in [0.717, 1.165) is 12.4 Å². The maximum atomic E-state index is 5.42. The molecule has 0 bridgehead atoms. The van der Waals surface area contributed by atoms with Crippen LogP contribution in [0.3, 0.4) is 0 Å². The molecule has 1 fully saturated rings. The van der Waals surface area contributed by atoms with Gasteiger partial charge in [0.05, 0.1) is 0 Å². The summed E-state index contributed by atoms with van der Waals surface area (Å²) in [7, 11) is 1.62. The SMILES string of the molecule is COCc1nc(NN)cc(NCC2(C(C)C)CC2)n1. The topological polar surface area (TPSA) is 85.1 Å². The van der Waals surface area contributed by atoms with Gasteiger partial charge in [0.15, 0.2) is 5.82 Å². The molecule has 1 saturated carbocycles. The van der Waals surface area contributed by atoms with E-state index in [1.165, 1.54) is 12.8 Å². The molecule has 0 saturated heterocycles. The smallest absolute Gasteiger partial charge is 0.158 e. The number of nitrogen functional groups attached to an aromatic ring is 1. The number of hydrazine groups is 1. The molecule has 2 rings (SSSR count). The highest BCUT2D eigenvalue weighted by atomic mass is 16.5. The highest BCUT2D eigenvalue weighted by Gasteiger charge is 2.44. The Bertz CT molecular complexity index is 431. The zero-order chi connectivity index (χ0) is 13.9. The first-order valence-corrected chi connectivity index (χ1v) is 6.67. The van der Waals surface area contributed by atoms with E-state index in [4.69, 9.17) is 10.6 Å². The average Bonchev–Trinajstić information content (AvgIpc) is 3.18. The van der Waals surface area contributed by atoms with Gasteiger partial charge in [-0.05, 0) is 24.2 Å². The van der Waals surface area contributed by atoms with Crippen molar-refractivity contribution in [2.45, 2.75) is 33.3 Å². The Hall–Kier alpha value is -1.40. The van der Waals surface area contributed by atoms with Crippen LogP contribution >= 0.6 is 0 Å². The minimum absolute atomic E-state index is 0.375. The Morgan fingerprint density at radius 1 is 1.37 bits per heavy atom. The second-order valence-corrected chi connectivity index (χ2v) is 5.50. The van der Waals surface area contributed by atoms with Gasteiger partial charge >= 0.3 is 0 Å². The van der Waals surface area contributed by atoms with E-state index in [1.807, 2.05) is 6.07 Å². The standard InChI is InChI=1S/C13H23N5O/c1-9(2)13(4-5-13)8-15-10-6-11(18-14)17-12(16-10)7-19-3/h6,9H,4-5,7-8,14H2,1-3H3,(H2,15,16,17,18). The van der Waals surface area contributed by atoms with Crippen molar-refractivity contribution in [1.29, 1.82) is 0 Å². The van der Waals surface area contributed by atoms with Crippen LogP contribution < -0.4 is 16.6 Å². The molecule has 0 unspecified atom stereocenters. The lowest BCUT2D eigenvalue weighted by Gasteiger charge is -2.20. The predicted molar refractivity (Wildman–Crippen MR) is 75.5 cm³/mol. The number of ether oxygens (including phenoxy) is 1. The number of aromatic nitrogens is 2. The van der Waals surface area contributed by atoms with E-state index in [9.17, 15) is 0 Å². The molecule has 1 heterocycles. The number of nitrogens with two attached hydrogens (primary N) is 1. The molecule has 6 nitrogen and oxygen atoms in total. The second-order valence-electron chi connectivity index (χ2n) is 5.50. The molecule has 0 atom stereocenters. The van der Waals surface area contributed by atoms with E-state index >= 15 is 0 Å². The fourth-order valence-electron chi connectivity index (χ4n) is 2.24. The van der Waals surface area contributed by atoms with Crippen molar-refractivity contribution in [3.63, 3.8) is 0 Å². The van der Waals surface area contributed by atoms with Gasteiger partial charge in [-0.15, -0.1) is 0 Å². The summed E-state index contributed by atoms with van der Waals surface area (Å²) in [5.74, 6) is 8.11. The molecule has 106 valence electrons. The van der Waals surface area contributed by atoms with E-state index in [-0.39, 0.29) is 0 Å². The first-order valence-electron chi connectivity index (χ1n) is 6.67. The molecule has 1 aliphatic carbocycles. The van der Waals surface area contributed by atoms with Crippen molar-refractivity contribution in [2.75, 3.05) is 24.4 Å². The summed E-state index contributed by atoms with van der Waals surface area (Å²) in [4.78, 5) is 8.64. The first-order chi connectivity index (χ1) is 9.09. The molecule has 19 heavy (non-hydrogen) atoms. The van der Waals surface area contributed by atoms with Crippen LogP contribution in [0.2, 0.25) is 0 Å². The van der Waals surface area contributed by atoms with Crippen molar-refractivity contribution >= 4 is 11.6 Å². The van der Waals surface area contributed by atoms with Crippen LogP contribution in [0.25, 0.3) is 0 Å². The molecule has 0 radical (unpaired) electrons. The second kappa shape index (κ2) is 5.71. The average molecular weight is 265 g/mol. The number of anilines is 2. The third kappa shape index (κ3) is 3.33. The Morgan fingerprint density at radius 3 is 2.58 bits per heavy atom. The van der Waals surface area contributed by atoms with Gasteiger partial charge in [-0.2, -0.15) is 0 Å². The van der Waals surface area contributed by atoms with Gasteiger partial charge in [0.1, 0.15) is 18.2 Å². The van der Waals surface area contributed by atoms with Gasteiger partial charge < -0.3 is 15.5 Å². The van der Waals surface area contributed by atoms with Crippen LogP contribution in [0.1, 0.15) is 32.5 Å². The van der Waals surface area contributed by atoms with E-state index in [0.29, 0.717) is 29.6 Å². The van der Waals surface area contributed by atoms with Crippen molar-refractivity contribution in [3.05, 3.63) is 11.9 Å². The van der Waals surface area contributed by atoms with Gasteiger partial charge in [-0.3, -0.25) is 0 Å². The Balaban J connectivity index is 2.05. The summed E-state index contributed by atoms with van der Waals surface area (Å²) in [6, 6.07) is 1.82. The molecule has 1 aliphatic rings.